The van der Waals surface area contributed by atoms with Crippen LogP contribution in [-0.2, 0) is 19.2 Å². The highest BCUT2D eigenvalue weighted by Gasteiger charge is 2.36. The summed E-state index contributed by atoms with van der Waals surface area (Å²) in [5, 5.41) is 28.0. The highest BCUT2D eigenvalue weighted by Crippen LogP contribution is 2.22. The van der Waals surface area contributed by atoms with Gasteiger partial charge in [-0.25, -0.2) is 13.9 Å². The molecule has 4 rings (SSSR count). The fraction of sp³-hybridized carbons (Fsp3) is 0.500. The van der Waals surface area contributed by atoms with Crippen LogP contribution < -0.4 is 15.4 Å². The molecule has 0 radical (unpaired) electrons. The van der Waals surface area contributed by atoms with Gasteiger partial charge in [0.1, 0.15) is 18.8 Å². The monoisotopic (exact) mass is 659 g/mol. The molecular weight excluding hydrogens is 621 g/mol. The normalized spacial score (nSPS) is 18.4. The molecule has 254 valence electrons. The highest BCUT2D eigenvalue weighted by molar-refractivity contribution is 5.96. The maximum atomic E-state index is 13.4. The SMILES string of the molecule is CC1CN(C(=O)C(CCC(=O)O)NC(=O)c2cc(OCC(=O)N3CCCC3C(=O)NCCF)n(-c3ccccc3)n2)CCN1C(=O)O. The van der Waals surface area contributed by atoms with E-state index < -0.39 is 73.5 Å². The summed E-state index contributed by atoms with van der Waals surface area (Å²) in [5.74, 6) is -3.47. The van der Waals surface area contributed by atoms with Crippen molar-refractivity contribution in [1.29, 1.82) is 0 Å². The van der Waals surface area contributed by atoms with Crippen LogP contribution in [0.4, 0.5) is 9.18 Å². The van der Waals surface area contributed by atoms with Crippen molar-refractivity contribution in [2.45, 2.75) is 50.7 Å². The Bertz CT molecular complexity index is 1470. The van der Waals surface area contributed by atoms with Crippen molar-refractivity contribution in [3.05, 3.63) is 42.1 Å². The molecule has 0 saturated carbocycles. The smallest absolute Gasteiger partial charge is 0.407 e. The largest absolute Gasteiger partial charge is 0.481 e. The van der Waals surface area contributed by atoms with Crippen molar-refractivity contribution in [3.8, 4) is 11.6 Å². The van der Waals surface area contributed by atoms with Crippen LogP contribution in [-0.4, -0.2) is 135 Å². The molecule has 16 nitrogen and oxygen atoms in total. The first-order chi connectivity index (χ1) is 22.5. The summed E-state index contributed by atoms with van der Waals surface area (Å²) >= 11 is 0. The van der Waals surface area contributed by atoms with Gasteiger partial charge >= 0.3 is 12.1 Å². The van der Waals surface area contributed by atoms with Crippen LogP contribution >= 0.6 is 0 Å². The molecule has 1 aromatic carbocycles. The number of para-hydroxylation sites is 1. The zero-order valence-electron chi connectivity index (χ0n) is 25.8. The number of halogens is 1. The number of alkyl halides is 1. The Balaban J connectivity index is 1.51. The number of amides is 5. The molecule has 2 aliphatic heterocycles. The fourth-order valence-corrected chi connectivity index (χ4v) is 5.60. The van der Waals surface area contributed by atoms with Gasteiger partial charge in [-0.2, -0.15) is 5.10 Å². The summed E-state index contributed by atoms with van der Waals surface area (Å²) in [7, 11) is 0. The molecule has 4 N–H and O–H groups in total. The predicted octanol–water partition coefficient (Wildman–Crippen LogP) is 0.502. The number of nitrogens with zero attached hydrogens (tertiary/aromatic N) is 5. The molecule has 2 aliphatic rings. The molecule has 3 heterocycles. The third-order valence-corrected chi connectivity index (χ3v) is 7.96. The van der Waals surface area contributed by atoms with E-state index in [1.165, 1.54) is 25.4 Å². The van der Waals surface area contributed by atoms with Gasteiger partial charge in [-0.1, -0.05) is 18.2 Å². The van der Waals surface area contributed by atoms with Crippen LogP contribution in [0.3, 0.4) is 0 Å². The molecule has 47 heavy (non-hydrogen) atoms. The molecule has 2 aromatic rings. The van der Waals surface area contributed by atoms with Crippen LogP contribution in [0.25, 0.3) is 5.69 Å². The lowest BCUT2D eigenvalue weighted by Gasteiger charge is -2.39. The van der Waals surface area contributed by atoms with E-state index in [9.17, 15) is 43.4 Å². The predicted molar refractivity (Wildman–Crippen MR) is 162 cm³/mol. The number of aliphatic carboxylic acids is 1. The number of carboxylic acid groups (broad SMARTS) is 2. The summed E-state index contributed by atoms with van der Waals surface area (Å²) in [5.41, 5.74) is 0.306. The Morgan fingerprint density at radius 1 is 1.06 bits per heavy atom. The zero-order chi connectivity index (χ0) is 34.1. The van der Waals surface area contributed by atoms with Crippen molar-refractivity contribution >= 4 is 35.7 Å². The van der Waals surface area contributed by atoms with Crippen molar-refractivity contribution in [2.75, 3.05) is 46.0 Å². The van der Waals surface area contributed by atoms with E-state index in [0.717, 1.165) is 0 Å². The van der Waals surface area contributed by atoms with E-state index in [4.69, 9.17) is 4.74 Å². The lowest BCUT2D eigenvalue weighted by atomic mass is 10.1. The third kappa shape index (κ3) is 8.74. The number of hydrogen-bond acceptors (Lipinski definition) is 8. The number of likely N-dealkylation sites (tertiary alicyclic amines) is 1. The molecule has 1 aromatic heterocycles. The minimum absolute atomic E-state index is 0.0133. The number of carbonyl (C=O) groups excluding carboxylic acids is 4. The van der Waals surface area contributed by atoms with Crippen LogP contribution in [0, 0.1) is 0 Å². The average Bonchev–Trinajstić information content (AvgIpc) is 3.72. The van der Waals surface area contributed by atoms with Gasteiger partial charge in [0.2, 0.25) is 17.7 Å². The quantitative estimate of drug-likeness (QED) is 0.234. The van der Waals surface area contributed by atoms with Gasteiger partial charge < -0.3 is 40.3 Å². The van der Waals surface area contributed by atoms with Crippen molar-refractivity contribution in [2.24, 2.45) is 0 Å². The molecule has 2 saturated heterocycles. The third-order valence-electron chi connectivity index (χ3n) is 7.96. The zero-order valence-corrected chi connectivity index (χ0v) is 25.8. The van der Waals surface area contributed by atoms with E-state index in [2.05, 4.69) is 15.7 Å². The first-order valence-corrected chi connectivity index (χ1v) is 15.2. The van der Waals surface area contributed by atoms with Crippen LogP contribution in [0.15, 0.2) is 36.4 Å². The second-order valence-electron chi connectivity index (χ2n) is 11.2. The Labute approximate surface area is 269 Å². The molecule has 0 aliphatic carbocycles. The summed E-state index contributed by atoms with van der Waals surface area (Å²) in [6, 6.07) is 7.35. The van der Waals surface area contributed by atoms with Gasteiger partial charge in [0, 0.05) is 51.3 Å². The highest BCUT2D eigenvalue weighted by atomic mass is 19.1. The van der Waals surface area contributed by atoms with E-state index in [1.807, 2.05) is 0 Å². The van der Waals surface area contributed by atoms with Crippen molar-refractivity contribution in [3.63, 3.8) is 0 Å². The van der Waals surface area contributed by atoms with Gasteiger partial charge in [-0.05, 0) is 38.3 Å². The van der Waals surface area contributed by atoms with E-state index in [1.54, 1.807) is 37.3 Å². The molecule has 0 spiro atoms. The topological polar surface area (TPSA) is 204 Å². The maximum absolute atomic E-state index is 13.4. The molecule has 17 heteroatoms. The van der Waals surface area contributed by atoms with Crippen LogP contribution in [0.1, 0.15) is 43.1 Å². The second kappa shape index (κ2) is 15.9. The summed E-state index contributed by atoms with van der Waals surface area (Å²) in [6.45, 7) is 0.776. The standard InChI is InChI=1S/C30H38FN7O9/c1-19-17-35(14-15-36(19)30(45)46)29(44)21(9-10-26(40)41)33-27(42)22-16-25(38(34-22)20-6-3-2-4-7-20)47-18-24(39)37-13-5-8-23(37)28(43)32-12-11-31/h2-4,6-7,16,19,21,23H,5,8-15,17-18H2,1H3,(H,32,43)(H,33,42)(H,40,41)(H,45,46). The Morgan fingerprint density at radius 2 is 1.81 bits per heavy atom. The number of carboxylic acids is 1. The number of nitrogens with one attached hydrogen (secondary N) is 2. The average molecular weight is 660 g/mol. The molecular formula is C30H38FN7O9. The summed E-state index contributed by atoms with van der Waals surface area (Å²) < 4.78 is 19.6. The summed E-state index contributed by atoms with van der Waals surface area (Å²) in [6.07, 6.45) is -0.748. The minimum atomic E-state index is -1.24. The number of hydrogen-bond donors (Lipinski definition) is 4. The van der Waals surface area contributed by atoms with Crippen LogP contribution in [0.5, 0.6) is 5.88 Å². The number of ether oxygens (including phenoxy) is 1. The van der Waals surface area contributed by atoms with E-state index in [0.29, 0.717) is 25.1 Å². The second-order valence-corrected chi connectivity index (χ2v) is 11.2. The Hall–Kier alpha value is -5.22. The molecule has 2 fully saturated rings. The van der Waals surface area contributed by atoms with E-state index in [-0.39, 0.29) is 44.2 Å². The van der Waals surface area contributed by atoms with Gasteiger partial charge in [-0.15, -0.1) is 0 Å². The van der Waals surface area contributed by atoms with Gasteiger partial charge in [0.15, 0.2) is 12.3 Å². The first-order valence-electron chi connectivity index (χ1n) is 15.2. The van der Waals surface area contributed by atoms with Crippen LogP contribution in [0.2, 0.25) is 0 Å². The van der Waals surface area contributed by atoms with Gasteiger partial charge in [0.05, 0.1) is 5.69 Å². The Kier molecular flexibility index (Phi) is 11.7. The molecule has 5 amide bonds. The van der Waals surface area contributed by atoms with Crippen molar-refractivity contribution in [1.82, 2.24) is 35.1 Å². The fourth-order valence-electron chi connectivity index (χ4n) is 5.60. The number of piperazine rings is 1. The molecule has 0 bridgehead atoms. The number of benzene rings is 1. The first kappa shape index (κ1) is 34.6. The lowest BCUT2D eigenvalue weighted by molar-refractivity contribution is -0.140. The molecule has 3 atom stereocenters. The van der Waals surface area contributed by atoms with Crippen molar-refractivity contribution < 1.29 is 48.1 Å². The number of carbonyl (C=O) groups is 6. The Morgan fingerprint density at radius 3 is 2.47 bits per heavy atom. The maximum Gasteiger partial charge on any atom is 0.407 e. The number of rotatable bonds is 13. The van der Waals surface area contributed by atoms with E-state index >= 15 is 0 Å². The minimum Gasteiger partial charge on any atom is -0.481 e. The molecule has 3 unspecified atom stereocenters. The number of aromatic nitrogens is 2. The summed E-state index contributed by atoms with van der Waals surface area (Å²) in [4.78, 5) is 79.2. The van der Waals surface area contributed by atoms with Gasteiger partial charge in [-0.3, -0.25) is 24.0 Å². The lowest BCUT2D eigenvalue weighted by Crippen LogP contribution is -2.58. The van der Waals surface area contributed by atoms with Gasteiger partial charge in [0.25, 0.3) is 11.8 Å².